The molecular weight excluding hydrogens is 378 g/mol. The van der Waals surface area contributed by atoms with Gasteiger partial charge in [0.05, 0.1) is 11.0 Å². The Balaban J connectivity index is 1.70. The van der Waals surface area contributed by atoms with Gasteiger partial charge in [0, 0.05) is 5.02 Å². The van der Waals surface area contributed by atoms with E-state index in [1.54, 1.807) is 42.5 Å². The number of alkyl halides is 2. The predicted molar refractivity (Wildman–Crippen MR) is 97.2 cm³/mol. The van der Waals surface area contributed by atoms with Crippen LogP contribution in [0.3, 0.4) is 0 Å². The summed E-state index contributed by atoms with van der Waals surface area (Å²) in [5.41, 5.74) is 1.49. The van der Waals surface area contributed by atoms with E-state index in [1.807, 2.05) is 6.92 Å². The molecule has 0 aliphatic heterocycles. The fraction of sp³-hybridized carbons (Fsp3) is 0.263. The first kappa shape index (κ1) is 19.1. The van der Waals surface area contributed by atoms with Crippen LogP contribution in [-0.4, -0.2) is 22.1 Å². The highest BCUT2D eigenvalue weighted by molar-refractivity contribution is 6.31. The number of hydrogen-bond donors (Lipinski definition) is 0. The van der Waals surface area contributed by atoms with Gasteiger partial charge >= 0.3 is 12.5 Å². The molecule has 5 nitrogen and oxygen atoms in total. The molecule has 0 aliphatic carbocycles. The quantitative estimate of drug-likeness (QED) is 0.547. The van der Waals surface area contributed by atoms with E-state index in [1.165, 1.54) is 6.92 Å². The molecule has 0 saturated heterocycles. The van der Waals surface area contributed by atoms with Crippen molar-refractivity contribution >= 4 is 28.6 Å². The number of fused-ring (bicyclic) bond motifs is 1. The number of carbonyl (C=O) groups excluding carboxylic acids is 1. The van der Waals surface area contributed by atoms with E-state index in [-0.39, 0.29) is 17.9 Å². The van der Waals surface area contributed by atoms with Crippen LogP contribution >= 0.6 is 11.6 Å². The maximum atomic E-state index is 13.5. The maximum Gasteiger partial charge on any atom is 0.344 e. The van der Waals surface area contributed by atoms with Crippen LogP contribution in [0, 0.1) is 6.92 Å². The average Bonchev–Trinajstić information content (AvgIpc) is 3.02. The number of nitrogens with zero attached hydrogens (tertiary/aromatic N) is 2. The summed E-state index contributed by atoms with van der Waals surface area (Å²) in [6.45, 7) is 0.136. The number of aromatic nitrogens is 2. The molecule has 1 heterocycles. The van der Waals surface area contributed by atoms with Crippen molar-refractivity contribution in [3.63, 3.8) is 0 Å². The Morgan fingerprint density at radius 3 is 2.70 bits per heavy atom. The minimum atomic E-state index is -2.80. The Hall–Kier alpha value is -2.67. The van der Waals surface area contributed by atoms with Gasteiger partial charge in [-0.25, -0.2) is 9.78 Å². The lowest BCUT2D eigenvalue weighted by molar-refractivity contribution is -0.151. The molecule has 0 saturated carbocycles. The number of benzene rings is 2. The van der Waals surface area contributed by atoms with E-state index in [4.69, 9.17) is 21.1 Å². The summed E-state index contributed by atoms with van der Waals surface area (Å²) in [4.78, 5) is 16.2. The highest BCUT2D eigenvalue weighted by Gasteiger charge is 2.24. The molecule has 0 fully saturated rings. The SMILES string of the molecule is Cc1cc(OCC(=O)OC(C)c2nc3ccccc3n2C(F)F)ccc1Cl. The van der Waals surface area contributed by atoms with Crippen molar-refractivity contribution in [3.8, 4) is 5.75 Å². The van der Waals surface area contributed by atoms with Gasteiger partial charge in [-0.3, -0.25) is 4.57 Å². The normalized spacial score (nSPS) is 12.4. The van der Waals surface area contributed by atoms with Crippen LogP contribution in [0.1, 0.15) is 31.0 Å². The van der Waals surface area contributed by atoms with E-state index in [0.29, 0.717) is 16.3 Å². The monoisotopic (exact) mass is 394 g/mol. The third-order valence-electron chi connectivity index (χ3n) is 3.98. The zero-order valence-electron chi connectivity index (χ0n) is 14.7. The molecule has 0 bridgehead atoms. The van der Waals surface area contributed by atoms with Crippen LogP contribution < -0.4 is 4.74 Å². The largest absolute Gasteiger partial charge is 0.482 e. The smallest absolute Gasteiger partial charge is 0.344 e. The molecule has 1 aromatic heterocycles. The second-order valence-electron chi connectivity index (χ2n) is 5.94. The van der Waals surface area contributed by atoms with E-state index in [2.05, 4.69) is 4.98 Å². The summed E-state index contributed by atoms with van der Waals surface area (Å²) in [5.74, 6) is -0.258. The fourth-order valence-corrected chi connectivity index (χ4v) is 2.81. The van der Waals surface area contributed by atoms with E-state index >= 15 is 0 Å². The van der Waals surface area contributed by atoms with Crippen LogP contribution in [0.25, 0.3) is 11.0 Å². The third kappa shape index (κ3) is 4.19. The fourth-order valence-electron chi connectivity index (χ4n) is 2.69. The Bertz CT molecular complexity index is 975. The zero-order valence-corrected chi connectivity index (χ0v) is 15.4. The highest BCUT2D eigenvalue weighted by Crippen LogP contribution is 2.28. The third-order valence-corrected chi connectivity index (χ3v) is 4.40. The molecule has 0 N–H and O–H groups in total. The summed E-state index contributed by atoms with van der Waals surface area (Å²) in [6.07, 6.45) is -0.963. The minimum absolute atomic E-state index is 0.0260. The topological polar surface area (TPSA) is 53.4 Å². The van der Waals surface area contributed by atoms with E-state index < -0.39 is 18.6 Å². The summed E-state index contributed by atoms with van der Waals surface area (Å²) < 4.78 is 38.3. The van der Waals surface area contributed by atoms with Crippen molar-refractivity contribution in [2.24, 2.45) is 0 Å². The number of rotatable bonds is 6. The first-order chi connectivity index (χ1) is 12.9. The zero-order chi connectivity index (χ0) is 19.6. The summed E-state index contributed by atoms with van der Waals surface area (Å²) in [6, 6.07) is 11.5. The number of esters is 1. The molecule has 1 unspecified atom stereocenters. The standard InChI is InChI=1S/C19H17ClF2N2O3/c1-11-9-13(7-8-14(11)20)26-10-17(25)27-12(2)18-23-15-5-3-4-6-16(15)24(18)19(21)22/h3-9,12,19H,10H2,1-2H3. The molecule has 0 spiro atoms. The number of ether oxygens (including phenoxy) is 2. The van der Waals surface area contributed by atoms with Crippen LogP contribution in [0.15, 0.2) is 42.5 Å². The molecule has 0 radical (unpaired) electrons. The van der Waals surface area contributed by atoms with Crippen molar-refractivity contribution in [3.05, 3.63) is 58.9 Å². The van der Waals surface area contributed by atoms with E-state index in [0.717, 1.165) is 10.1 Å². The summed E-state index contributed by atoms with van der Waals surface area (Å²) in [5, 5.41) is 0.587. The van der Waals surface area contributed by atoms with Gasteiger partial charge in [0.2, 0.25) is 0 Å². The Kier molecular flexibility index (Phi) is 5.60. The van der Waals surface area contributed by atoms with Gasteiger partial charge in [-0.05, 0) is 49.7 Å². The van der Waals surface area contributed by atoms with Gasteiger partial charge < -0.3 is 9.47 Å². The molecule has 2 aromatic carbocycles. The van der Waals surface area contributed by atoms with Gasteiger partial charge in [-0.15, -0.1) is 0 Å². The van der Waals surface area contributed by atoms with E-state index in [9.17, 15) is 13.6 Å². The average molecular weight is 395 g/mol. The molecule has 1 atom stereocenters. The first-order valence-corrected chi connectivity index (χ1v) is 8.58. The van der Waals surface area contributed by atoms with Gasteiger partial charge in [-0.1, -0.05) is 23.7 Å². The highest BCUT2D eigenvalue weighted by atomic mass is 35.5. The Labute approximate surface area is 159 Å². The lowest BCUT2D eigenvalue weighted by Crippen LogP contribution is -2.19. The molecular formula is C19H17ClF2N2O3. The number of para-hydroxylation sites is 2. The van der Waals surface area contributed by atoms with Crippen molar-refractivity contribution in [2.45, 2.75) is 26.5 Å². The predicted octanol–water partition coefficient (Wildman–Crippen LogP) is 5.08. The second-order valence-corrected chi connectivity index (χ2v) is 6.35. The molecule has 3 rings (SSSR count). The molecule has 3 aromatic rings. The van der Waals surface area contributed by atoms with Crippen molar-refractivity contribution in [1.82, 2.24) is 9.55 Å². The maximum absolute atomic E-state index is 13.5. The minimum Gasteiger partial charge on any atom is -0.482 e. The number of imidazole rings is 1. The molecule has 27 heavy (non-hydrogen) atoms. The number of aryl methyl sites for hydroxylation is 1. The molecule has 0 aliphatic rings. The lowest BCUT2D eigenvalue weighted by Gasteiger charge is -2.15. The molecule has 0 amide bonds. The lowest BCUT2D eigenvalue weighted by atomic mass is 10.2. The second kappa shape index (κ2) is 7.92. The van der Waals surface area contributed by atoms with Gasteiger partial charge in [0.1, 0.15) is 5.75 Å². The molecule has 8 heteroatoms. The number of carbonyl (C=O) groups is 1. The Morgan fingerprint density at radius 1 is 1.26 bits per heavy atom. The van der Waals surface area contributed by atoms with Crippen LogP contribution in [0.2, 0.25) is 5.02 Å². The number of hydrogen-bond acceptors (Lipinski definition) is 4. The van der Waals surface area contributed by atoms with Gasteiger partial charge in [-0.2, -0.15) is 8.78 Å². The first-order valence-electron chi connectivity index (χ1n) is 8.20. The van der Waals surface area contributed by atoms with Crippen LogP contribution in [0.4, 0.5) is 8.78 Å². The van der Waals surface area contributed by atoms with Crippen molar-refractivity contribution in [2.75, 3.05) is 6.61 Å². The summed E-state index contributed by atoms with van der Waals surface area (Å²) in [7, 11) is 0. The summed E-state index contributed by atoms with van der Waals surface area (Å²) >= 11 is 5.94. The van der Waals surface area contributed by atoms with Gasteiger partial charge in [0.25, 0.3) is 0 Å². The van der Waals surface area contributed by atoms with Crippen LogP contribution in [0.5, 0.6) is 5.75 Å². The van der Waals surface area contributed by atoms with Crippen LogP contribution in [-0.2, 0) is 9.53 Å². The Morgan fingerprint density at radius 2 is 2.00 bits per heavy atom. The van der Waals surface area contributed by atoms with Crippen molar-refractivity contribution < 1.29 is 23.0 Å². The molecule has 142 valence electrons. The van der Waals surface area contributed by atoms with Gasteiger partial charge in [0.15, 0.2) is 18.5 Å². The van der Waals surface area contributed by atoms with Crippen molar-refractivity contribution in [1.29, 1.82) is 0 Å². The number of halogens is 3.